The topological polar surface area (TPSA) is 15.3 Å². The van der Waals surface area contributed by atoms with E-state index in [2.05, 4.69) is 40.5 Å². The Morgan fingerprint density at radius 1 is 1.00 bits per heavy atom. The van der Waals surface area contributed by atoms with Gasteiger partial charge in [-0.1, -0.05) is 30.3 Å². The summed E-state index contributed by atoms with van der Waals surface area (Å²) in [6.07, 6.45) is 4.13. The van der Waals surface area contributed by atoms with Crippen molar-refractivity contribution in [2.24, 2.45) is 0 Å². The van der Waals surface area contributed by atoms with Gasteiger partial charge in [0.05, 0.1) is 0 Å². The molecule has 1 aromatic carbocycles. The third-order valence-electron chi connectivity index (χ3n) is 4.34. The maximum Gasteiger partial charge on any atom is 0.0110 e. The van der Waals surface area contributed by atoms with Gasteiger partial charge in [0.25, 0.3) is 0 Å². The predicted molar refractivity (Wildman–Crippen MR) is 71.3 cm³/mol. The Balaban J connectivity index is 1.61. The number of piperazine rings is 1. The average Bonchev–Trinajstić information content (AvgIpc) is 2.90. The number of hydrogen-bond acceptors (Lipinski definition) is 2. The summed E-state index contributed by atoms with van der Waals surface area (Å²) in [5.41, 5.74) is 1.55. The summed E-state index contributed by atoms with van der Waals surface area (Å²) in [7, 11) is 0. The van der Waals surface area contributed by atoms with Crippen LogP contribution in [0.15, 0.2) is 30.3 Å². The second kappa shape index (κ2) is 5.19. The lowest BCUT2D eigenvalue weighted by Gasteiger charge is -2.32. The van der Waals surface area contributed by atoms with Gasteiger partial charge < -0.3 is 5.32 Å². The number of hydrogen-bond donors (Lipinski definition) is 1. The van der Waals surface area contributed by atoms with E-state index >= 15 is 0 Å². The monoisotopic (exact) mass is 230 g/mol. The highest BCUT2D eigenvalue weighted by atomic mass is 15.2. The number of nitrogens with one attached hydrogen (secondary N) is 1. The molecule has 0 aromatic heterocycles. The highest BCUT2D eigenvalue weighted by Gasteiger charge is 2.30. The minimum atomic E-state index is 0.802. The Hall–Kier alpha value is -0.860. The minimum absolute atomic E-state index is 0.802. The van der Waals surface area contributed by atoms with Crippen molar-refractivity contribution in [3.8, 4) is 0 Å². The van der Waals surface area contributed by atoms with Crippen LogP contribution in [0.25, 0.3) is 0 Å². The Morgan fingerprint density at radius 2 is 1.76 bits per heavy atom. The molecule has 1 heterocycles. The van der Waals surface area contributed by atoms with Crippen molar-refractivity contribution < 1.29 is 0 Å². The highest BCUT2D eigenvalue weighted by molar-refractivity contribution is 5.21. The third-order valence-corrected chi connectivity index (χ3v) is 4.34. The molecule has 1 aliphatic carbocycles. The molecule has 1 saturated heterocycles. The summed E-state index contributed by atoms with van der Waals surface area (Å²) >= 11 is 0. The zero-order valence-corrected chi connectivity index (χ0v) is 10.4. The van der Waals surface area contributed by atoms with Crippen LogP contribution in [0.1, 0.15) is 30.7 Å². The molecule has 17 heavy (non-hydrogen) atoms. The molecule has 3 rings (SSSR count). The van der Waals surface area contributed by atoms with E-state index in [4.69, 9.17) is 0 Å². The van der Waals surface area contributed by atoms with E-state index in [0.717, 1.165) is 12.0 Å². The lowest BCUT2D eigenvalue weighted by molar-refractivity contribution is 0.174. The van der Waals surface area contributed by atoms with E-state index in [-0.39, 0.29) is 0 Å². The van der Waals surface area contributed by atoms with Crippen molar-refractivity contribution in [2.75, 3.05) is 26.2 Å². The van der Waals surface area contributed by atoms with E-state index in [1.54, 1.807) is 5.56 Å². The summed E-state index contributed by atoms with van der Waals surface area (Å²) in [6.45, 7) is 4.83. The molecular formula is C15H22N2. The second-order valence-corrected chi connectivity index (χ2v) is 5.36. The van der Waals surface area contributed by atoms with Crippen LogP contribution < -0.4 is 5.32 Å². The SMILES string of the molecule is c1ccc(C2CCC(N3CCNCC3)C2)cc1. The molecular weight excluding hydrogens is 208 g/mol. The number of rotatable bonds is 2. The molecule has 0 spiro atoms. The maximum absolute atomic E-state index is 3.44. The second-order valence-electron chi connectivity index (χ2n) is 5.36. The maximum atomic E-state index is 3.44. The lowest BCUT2D eigenvalue weighted by atomic mass is 9.97. The predicted octanol–water partition coefficient (Wildman–Crippen LogP) is 2.23. The standard InChI is InChI=1S/C15H22N2/c1-2-4-13(5-3-1)14-6-7-15(12-14)17-10-8-16-9-11-17/h1-5,14-16H,6-12H2. The molecule has 1 aliphatic heterocycles. The van der Waals surface area contributed by atoms with E-state index in [9.17, 15) is 0 Å². The van der Waals surface area contributed by atoms with Crippen LogP contribution in [0.3, 0.4) is 0 Å². The fourth-order valence-electron chi connectivity index (χ4n) is 3.36. The van der Waals surface area contributed by atoms with E-state index in [0.29, 0.717) is 0 Å². The van der Waals surface area contributed by atoms with Crippen LogP contribution in [-0.2, 0) is 0 Å². The van der Waals surface area contributed by atoms with Crippen molar-refractivity contribution >= 4 is 0 Å². The van der Waals surface area contributed by atoms with Gasteiger partial charge in [-0.15, -0.1) is 0 Å². The van der Waals surface area contributed by atoms with E-state index in [1.807, 2.05) is 0 Å². The van der Waals surface area contributed by atoms with Gasteiger partial charge in [-0.2, -0.15) is 0 Å². The van der Waals surface area contributed by atoms with Gasteiger partial charge in [0.2, 0.25) is 0 Å². The number of nitrogens with zero attached hydrogens (tertiary/aromatic N) is 1. The van der Waals surface area contributed by atoms with Gasteiger partial charge >= 0.3 is 0 Å². The van der Waals surface area contributed by atoms with Crippen LogP contribution in [0, 0.1) is 0 Å². The average molecular weight is 230 g/mol. The first-order valence-electron chi connectivity index (χ1n) is 6.93. The lowest BCUT2D eigenvalue weighted by Crippen LogP contribution is -2.47. The first-order chi connectivity index (χ1) is 8.43. The molecule has 0 radical (unpaired) electrons. The van der Waals surface area contributed by atoms with Crippen molar-refractivity contribution in [3.05, 3.63) is 35.9 Å². The molecule has 2 nitrogen and oxygen atoms in total. The smallest absolute Gasteiger partial charge is 0.0110 e. The van der Waals surface area contributed by atoms with Gasteiger partial charge in [-0.25, -0.2) is 0 Å². The van der Waals surface area contributed by atoms with Crippen molar-refractivity contribution in [3.63, 3.8) is 0 Å². The van der Waals surface area contributed by atoms with Crippen molar-refractivity contribution in [1.29, 1.82) is 0 Å². The first kappa shape index (κ1) is 11.2. The molecule has 2 fully saturated rings. The molecule has 1 aromatic rings. The molecule has 0 bridgehead atoms. The summed E-state index contributed by atoms with van der Waals surface area (Å²) in [4.78, 5) is 2.69. The summed E-state index contributed by atoms with van der Waals surface area (Å²) < 4.78 is 0. The van der Waals surface area contributed by atoms with Crippen LogP contribution in [0.2, 0.25) is 0 Å². The van der Waals surface area contributed by atoms with E-state index in [1.165, 1.54) is 45.4 Å². The van der Waals surface area contributed by atoms with Gasteiger partial charge in [0.15, 0.2) is 0 Å². The fourth-order valence-corrected chi connectivity index (χ4v) is 3.36. The molecule has 1 N–H and O–H groups in total. The Morgan fingerprint density at radius 3 is 2.53 bits per heavy atom. The zero-order valence-electron chi connectivity index (χ0n) is 10.4. The van der Waals surface area contributed by atoms with Crippen LogP contribution in [0.4, 0.5) is 0 Å². The molecule has 2 atom stereocenters. The van der Waals surface area contributed by atoms with Crippen LogP contribution in [-0.4, -0.2) is 37.1 Å². The third kappa shape index (κ3) is 2.53. The molecule has 92 valence electrons. The first-order valence-corrected chi connectivity index (χ1v) is 6.93. The fraction of sp³-hybridized carbons (Fsp3) is 0.600. The van der Waals surface area contributed by atoms with Crippen molar-refractivity contribution in [2.45, 2.75) is 31.2 Å². The Kier molecular flexibility index (Phi) is 3.44. The van der Waals surface area contributed by atoms with E-state index < -0.39 is 0 Å². The zero-order chi connectivity index (χ0) is 11.5. The quantitative estimate of drug-likeness (QED) is 0.838. The largest absolute Gasteiger partial charge is 0.314 e. The summed E-state index contributed by atoms with van der Waals surface area (Å²) in [5, 5.41) is 3.44. The van der Waals surface area contributed by atoms with Crippen molar-refractivity contribution in [1.82, 2.24) is 10.2 Å². The highest BCUT2D eigenvalue weighted by Crippen LogP contribution is 2.36. The Labute approximate surface area is 104 Å². The summed E-state index contributed by atoms with van der Waals surface area (Å²) in [5.74, 6) is 0.802. The molecule has 0 amide bonds. The Bertz CT molecular complexity index is 343. The molecule has 1 saturated carbocycles. The number of benzene rings is 1. The van der Waals surface area contributed by atoms with Gasteiger partial charge in [0, 0.05) is 32.2 Å². The summed E-state index contributed by atoms with van der Waals surface area (Å²) in [6, 6.07) is 11.9. The molecule has 2 heteroatoms. The van der Waals surface area contributed by atoms with Gasteiger partial charge in [-0.3, -0.25) is 4.90 Å². The molecule has 2 unspecified atom stereocenters. The van der Waals surface area contributed by atoms with Gasteiger partial charge in [0.1, 0.15) is 0 Å². The van der Waals surface area contributed by atoms with Crippen LogP contribution >= 0.6 is 0 Å². The van der Waals surface area contributed by atoms with Gasteiger partial charge in [-0.05, 0) is 30.7 Å². The van der Waals surface area contributed by atoms with Crippen LogP contribution in [0.5, 0.6) is 0 Å². The normalized spacial score (nSPS) is 30.6. The molecule has 2 aliphatic rings. The minimum Gasteiger partial charge on any atom is -0.314 e.